The van der Waals surface area contributed by atoms with Gasteiger partial charge in [0.05, 0.1) is 11.7 Å². The molecule has 0 aliphatic carbocycles. The van der Waals surface area contributed by atoms with Crippen molar-refractivity contribution < 1.29 is 9.47 Å². The third-order valence-corrected chi connectivity index (χ3v) is 7.88. The van der Waals surface area contributed by atoms with Gasteiger partial charge < -0.3 is 14.8 Å². The quantitative estimate of drug-likeness (QED) is 0.142. The van der Waals surface area contributed by atoms with Crippen molar-refractivity contribution in [2.24, 2.45) is 22.7 Å². The molecule has 0 fully saturated rings. The van der Waals surface area contributed by atoms with Crippen molar-refractivity contribution in [2.75, 3.05) is 18.1 Å². The summed E-state index contributed by atoms with van der Waals surface area (Å²) in [5.41, 5.74) is 2.55. The van der Waals surface area contributed by atoms with Crippen molar-refractivity contribution in [3.05, 3.63) is 36.1 Å². The number of aliphatic imine (C=N–C) groups is 1. The molecule has 4 atom stereocenters. The van der Waals surface area contributed by atoms with E-state index in [1.165, 1.54) is 69.8 Å². The topological polar surface area (TPSA) is 54.9 Å². The first-order valence-corrected chi connectivity index (χ1v) is 15.0. The fourth-order valence-electron chi connectivity index (χ4n) is 4.54. The van der Waals surface area contributed by atoms with Gasteiger partial charge >= 0.3 is 0 Å². The number of thioether (sulfide) groups is 1. The lowest BCUT2D eigenvalue weighted by molar-refractivity contribution is 0.297. The molecule has 0 aromatic carbocycles. The predicted octanol–water partition coefficient (Wildman–Crippen LogP) is 7.38. The number of nitrogens with zero attached hydrogens (tertiary/aromatic N) is 1. The molecule has 2 aliphatic rings. The molecule has 200 valence electrons. The molecular formula is C29H51N3O2S. The van der Waals surface area contributed by atoms with Crippen molar-refractivity contribution in [1.29, 1.82) is 0 Å². The van der Waals surface area contributed by atoms with E-state index < -0.39 is 0 Å². The van der Waals surface area contributed by atoms with E-state index in [4.69, 9.17) is 9.47 Å². The van der Waals surface area contributed by atoms with Gasteiger partial charge in [0.15, 0.2) is 6.40 Å². The van der Waals surface area contributed by atoms with Crippen LogP contribution in [-0.4, -0.2) is 36.7 Å². The number of allylic oxidation sites excluding steroid dienone is 1. The second kappa shape index (κ2) is 17.9. The van der Waals surface area contributed by atoms with Crippen LogP contribution in [0.4, 0.5) is 0 Å². The molecule has 0 spiro atoms. The molecule has 0 bridgehead atoms. The smallest absolute Gasteiger partial charge is 0.171 e. The molecule has 5 nitrogen and oxygen atoms in total. The highest BCUT2D eigenvalue weighted by Crippen LogP contribution is 2.22. The van der Waals surface area contributed by atoms with Gasteiger partial charge in [0, 0.05) is 17.7 Å². The molecule has 35 heavy (non-hydrogen) atoms. The van der Waals surface area contributed by atoms with Gasteiger partial charge in [-0.2, -0.15) is 11.8 Å². The Balaban J connectivity index is 1.56. The second-order valence-electron chi connectivity index (χ2n) is 10.9. The summed E-state index contributed by atoms with van der Waals surface area (Å²) in [6, 6.07) is 0.140. The van der Waals surface area contributed by atoms with Crippen LogP contribution in [0.5, 0.6) is 0 Å². The van der Waals surface area contributed by atoms with Crippen LogP contribution in [0.3, 0.4) is 0 Å². The summed E-state index contributed by atoms with van der Waals surface area (Å²) >= 11 is 1.94. The number of nitrogens with one attached hydrogen (secondary N) is 2. The molecule has 0 saturated carbocycles. The third kappa shape index (κ3) is 14.1. The predicted molar refractivity (Wildman–Crippen MR) is 152 cm³/mol. The summed E-state index contributed by atoms with van der Waals surface area (Å²) < 4.78 is 10.6. The minimum atomic E-state index is 0.00145. The number of ether oxygens (including phenoxy) is 2. The van der Waals surface area contributed by atoms with Crippen LogP contribution in [0, 0.1) is 17.8 Å². The van der Waals surface area contributed by atoms with Crippen LogP contribution < -0.4 is 10.6 Å². The SMILES string of the molecule is C/C(=C\CSCC(NC1COC=N1)C1=COC=CN1)CCCC(C)CCCC(C)CCCC(C)C. The van der Waals surface area contributed by atoms with Crippen molar-refractivity contribution in [3.63, 3.8) is 0 Å². The Morgan fingerprint density at radius 1 is 1.11 bits per heavy atom. The molecule has 2 rings (SSSR count). The average molecular weight is 506 g/mol. The highest BCUT2D eigenvalue weighted by Gasteiger charge is 2.21. The molecule has 2 aliphatic heterocycles. The summed E-state index contributed by atoms with van der Waals surface area (Å²) in [4.78, 5) is 4.33. The molecule has 6 heteroatoms. The molecule has 0 amide bonds. The van der Waals surface area contributed by atoms with E-state index in [1.807, 2.05) is 18.0 Å². The van der Waals surface area contributed by atoms with Crippen molar-refractivity contribution >= 4 is 18.2 Å². The summed E-state index contributed by atoms with van der Waals surface area (Å²) in [7, 11) is 0. The van der Waals surface area contributed by atoms with Gasteiger partial charge in [0.2, 0.25) is 0 Å². The van der Waals surface area contributed by atoms with Crippen LogP contribution in [0.1, 0.15) is 92.4 Å². The minimum Gasteiger partial charge on any atom is -0.480 e. The normalized spacial score (nSPS) is 20.2. The van der Waals surface area contributed by atoms with Gasteiger partial charge in [0.25, 0.3) is 0 Å². The minimum absolute atomic E-state index is 0.00145. The Morgan fingerprint density at radius 2 is 1.83 bits per heavy atom. The fraction of sp³-hybridized carbons (Fsp3) is 0.759. The van der Waals surface area contributed by atoms with Crippen molar-refractivity contribution in [3.8, 4) is 0 Å². The number of hydrogen-bond acceptors (Lipinski definition) is 6. The van der Waals surface area contributed by atoms with Crippen LogP contribution >= 0.6 is 11.8 Å². The van der Waals surface area contributed by atoms with E-state index in [-0.39, 0.29) is 12.2 Å². The third-order valence-electron chi connectivity index (χ3n) is 6.90. The zero-order valence-electron chi connectivity index (χ0n) is 22.9. The second-order valence-corrected chi connectivity index (χ2v) is 12.0. The van der Waals surface area contributed by atoms with Crippen LogP contribution in [0.15, 0.2) is 41.1 Å². The first-order valence-electron chi connectivity index (χ1n) is 13.8. The Morgan fingerprint density at radius 3 is 2.46 bits per heavy atom. The molecular weight excluding hydrogens is 454 g/mol. The maximum atomic E-state index is 5.36. The van der Waals surface area contributed by atoms with Gasteiger partial charge in [0.1, 0.15) is 25.3 Å². The summed E-state index contributed by atoms with van der Waals surface area (Å²) in [5.74, 6) is 4.57. The van der Waals surface area contributed by atoms with Gasteiger partial charge in [-0.15, -0.1) is 0 Å². The van der Waals surface area contributed by atoms with E-state index >= 15 is 0 Å². The first kappa shape index (κ1) is 29.8. The summed E-state index contributed by atoms with van der Waals surface area (Å²) in [5, 5.41) is 6.84. The van der Waals surface area contributed by atoms with Crippen molar-refractivity contribution in [2.45, 2.75) is 105 Å². The highest BCUT2D eigenvalue weighted by molar-refractivity contribution is 7.99. The van der Waals surface area contributed by atoms with Gasteiger partial charge in [-0.25, -0.2) is 4.99 Å². The highest BCUT2D eigenvalue weighted by atomic mass is 32.2. The molecule has 4 unspecified atom stereocenters. The molecule has 0 radical (unpaired) electrons. The summed E-state index contributed by atoms with van der Waals surface area (Å²) in [6.45, 7) is 12.4. The van der Waals surface area contributed by atoms with Gasteiger partial charge in [-0.05, 0) is 37.5 Å². The summed E-state index contributed by atoms with van der Waals surface area (Å²) in [6.07, 6.45) is 21.4. The van der Waals surface area contributed by atoms with E-state index in [1.54, 1.807) is 12.5 Å². The largest absolute Gasteiger partial charge is 0.480 e. The van der Waals surface area contributed by atoms with Crippen LogP contribution in [0.2, 0.25) is 0 Å². The Bertz CT molecular complexity index is 689. The van der Waals surface area contributed by atoms with Gasteiger partial charge in [-0.3, -0.25) is 5.32 Å². The lowest BCUT2D eigenvalue weighted by atomic mass is 9.91. The number of rotatable bonds is 19. The van der Waals surface area contributed by atoms with E-state index in [2.05, 4.69) is 56.3 Å². The standard InChI is InChI=1S/C29H51N3O2S/c1-23(2)9-6-10-24(3)11-7-12-25(4)13-8-14-26(5)15-18-35-21-28(27-19-33-17-16-30-27)32-29-20-34-22-31-29/h15-17,19,22-25,28-30,32H,6-14,18,20-21H2,1-5H3/b26-15+. The monoisotopic (exact) mass is 505 g/mol. The Hall–Kier alpha value is -1.40. The van der Waals surface area contributed by atoms with E-state index in [0.717, 1.165) is 35.0 Å². The lowest BCUT2D eigenvalue weighted by Gasteiger charge is -2.24. The molecule has 2 heterocycles. The maximum Gasteiger partial charge on any atom is 0.171 e. The van der Waals surface area contributed by atoms with Crippen LogP contribution in [0.25, 0.3) is 0 Å². The zero-order chi connectivity index (χ0) is 25.3. The Labute approximate surface area is 219 Å². The Kier molecular flexibility index (Phi) is 15.3. The lowest BCUT2D eigenvalue weighted by Crippen LogP contribution is -2.44. The molecule has 0 aromatic rings. The van der Waals surface area contributed by atoms with Crippen LogP contribution in [-0.2, 0) is 9.47 Å². The maximum absolute atomic E-state index is 5.36. The molecule has 0 saturated heterocycles. The molecule has 2 N–H and O–H groups in total. The van der Waals surface area contributed by atoms with E-state index in [0.29, 0.717) is 6.61 Å². The van der Waals surface area contributed by atoms with E-state index in [9.17, 15) is 0 Å². The van der Waals surface area contributed by atoms with Gasteiger partial charge in [-0.1, -0.05) is 84.3 Å². The number of hydrogen-bond donors (Lipinski definition) is 2. The first-order chi connectivity index (χ1) is 16.9. The zero-order valence-corrected chi connectivity index (χ0v) is 23.7. The average Bonchev–Trinajstić information content (AvgIpc) is 3.34. The molecule has 0 aromatic heterocycles. The fourth-order valence-corrected chi connectivity index (χ4v) is 5.59. The van der Waals surface area contributed by atoms with Crippen molar-refractivity contribution in [1.82, 2.24) is 10.6 Å².